The maximum atomic E-state index is 8.75. The molecular formula is C8H17N5O2. The Morgan fingerprint density at radius 2 is 2.00 bits per heavy atom. The molecule has 86 valence electrons. The molecule has 0 amide bonds. The number of aliphatic hydroxyl groups is 2. The van der Waals surface area contributed by atoms with Gasteiger partial charge in [0.2, 0.25) is 0 Å². The van der Waals surface area contributed by atoms with Crippen molar-refractivity contribution >= 4 is 11.5 Å². The molecule has 0 fully saturated rings. The van der Waals surface area contributed by atoms with E-state index in [-0.39, 0.29) is 13.2 Å². The van der Waals surface area contributed by atoms with E-state index in [9.17, 15) is 0 Å². The van der Waals surface area contributed by atoms with Crippen LogP contribution in [-0.4, -0.2) is 39.8 Å². The number of nitrogens with two attached hydrogens (primary N) is 2. The van der Waals surface area contributed by atoms with Gasteiger partial charge in [0, 0.05) is 13.1 Å². The molecule has 0 atom stereocenters. The van der Waals surface area contributed by atoms with Crippen LogP contribution in [0, 0.1) is 0 Å². The summed E-state index contributed by atoms with van der Waals surface area (Å²) >= 11 is 0. The number of nitrogens with zero attached hydrogens (tertiary/aromatic N) is 2. The monoisotopic (exact) mass is 215 g/mol. The van der Waals surface area contributed by atoms with Crippen LogP contribution < -0.4 is 16.8 Å². The van der Waals surface area contributed by atoms with Gasteiger partial charge >= 0.3 is 0 Å². The molecule has 0 spiro atoms. The highest BCUT2D eigenvalue weighted by Crippen LogP contribution is 2.18. The second-order valence-electron chi connectivity index (χ2n) is 3.09. The maximum absolute atomic E-state index is 8.75. The lowest BCUT2D eigenvalue weighted by Crippen LogP contribution is -2.18. The molecule has 0 bridgehead atoms. The van der Waals surface area contributed by atoms with Crippen molar-refractivity contribution in [2.45, 2.75) is 13.1 Å². The van der Waals surface area contributed by atoms with Gasteiger partial charge in [0.1, 0.15) is 11.5 Å². The minimum Gasteiger partial charge on any atom is -0.395 e. The molecule has 7 N–H and O–H groups in total. The summed E-state index contributed by atoms with van der Waals surface area (Å²) in [5.41, 5.74) is 12.5. The van der Waals surface area contributed by atoms with Crippen molar-refractivity contribution in [3.63, 3.8) is 0 Å². The predicted octanol–water partition coefficient (Wildman–Crippen LogP) is -1.88. The SMILES string of the molecule is Nc1c(CNCCO)nn(CCO)c1N. The fraction of sp³-hybridized carbons (Fsp3) is 0.625. The van der Waals surface area contributed by atoms with Crippen molar-refractivity contribution in [3.05, 3.63) is 5.69 Å². The average Bonchev–Trinajstić information content (AvgIpc) is 2.48. The standard InChI is InChI=1S/C8H17N5O2/c9-7-6(5-11-1-3-14)12-13(2-4-15)8(7)10/h11,14-15H,1-5,9-10H2. The summed E-state index contributed by atoms with van der Waals surface area (Å²) in [6, 6.07) is 0. The zero-order valence-corrected chi connectivity index (χ0v) is 8.48. The average molecular weight is 215 g/mol. The van der Waals surface area contributed by atoms with Crippen LogP contribution in [0.15, 0.2) is 0 Å². The highest BCUT2D eigenvalue weighted by Gasteiger charge is 2.11. The summed E-state index contributed by atoms with van der Waals surface area (Å²) in [4.78, 5) is 0. The van der Waals surface area contributed by atoms with E-state index in [1.54, 1.807) is 0 Å². The Balaban J connectivity index is 2.67. The molecular weight excluding hydrogens is 198 g/mol. The van der Waals surface area contributed by atoms with Gasteiger partial charge in [-0.05, 0) is 0 Å². The Kier molecular flexibility index (Phi) is 4.35. The Labute approximate surface area is 87.7 Å². The van der Waals surface area contributed by atoms with Gasteiger partial charge in [-0.3, -0.25) is 0 Å². The molecule has 0 aliphatic carbocycles. The largest absolute Gasteiger partial charge is 0.395 e. The third kappa shape index (κ3) is 2.82. The smallest absolute Gasteiger partial charge is 0.145 e. The van der Waals surface area contributed by atoms with Crippen molar-refractivity contribution in [1.82, 2.24) is 15.1 Å². The van der Waals surface area contributed by atoms with Gasteiger partial charge < -0.3 is 27.0 Å². The molecule has 1 aromatic heterocycles. The van der Waals surface area contributed by atoms with Gasteiger partial charge in [0.25, 0.3) is 0 Å². The molecule has 0 aromatic carbocycles. The molecule has 0 radical (unpaired) electrons. The lowest BCUT2D eigenvalue weighted by molar-refractivity contribution is 0.270. The molecule has 0 saturated carbocycles. The lowest BCUT2D eigenvalue weighted by atomic mass is 10.3. The second-order valence-corrected chi connectivity index (χ2v) is 3.09. The summed E-state index contributed by atoms with van der Waals surface area (Å²) in [5.74, 6) is 0.366. The van der Waals surface area contributed by atoms with Crippen molar-refractivity contribution in [3.8, 4) is 0 Å². The number of aliphatic hydroxyl groups excluding tert-OH is 2. The van der Waals surface area contributed by atoms with Crippen molar-refractivity contribution in [1.29, 1.82) is 0 Å². The van der Waals surface area contributed by atoms with Crippen LogP contribution in [0.3, 0.4) is 0 Å². The Morgan fingerprint density at radius 3 is 2.60 bits per heavy atom. The van der Waals surface area contributed by atoms with E-state index >= 15 is 0 Å². The molecule has 7 nitrogen and oxygen atoms in total. The van der Waals surface area contributed by atoms with Gasteiger partial charge in [-0.25, -0.2) is 4.68 Å². The first kappa shape index (κ1) is 11.8. The molecule has 7 heteroatoms. The number of aromatic nitrogens is 2. The van der Waals surface area contributed by atoms with E-state index in [0.717, 1.165) is 0 Å². The van der Waals surface area contributed by atoms with E-state index in [4.69, 9.17) is 21.7 Å². The number of rotatable bonds is 6. The summed E-state index contributed by atoms with van der Waals surface area (Å²) in [6.07, 6.45) is 0. The normalized spacial score (nSPS) is 10.8. The first-order valence-electron chi connectivity index (χ1n) is 4.73. The zero-order chi connectivity index (χ0) is 11.3. The molecule has 1 aromatic rings. The molecule has 1 heterocycles. The molecule has 0 aliphatic rings. The van der Waals surface area contributed by atoms with Crippen molar-refractivity contribution < 1.29 is 10.2 Å². The summed E-state index contributed by atoms with van der Waals surface area (Å²) in [7, 11) is 0. The first-order valence-corrected chi connectivity index (χ1v) is 4.73. The van der Waals surface area contributed by atoms with Gasteiger partial charge in [-0.2, -0.15) is 5.10 Å². The van der Waals surface area contributed by atoms with Crippen LogP contribution in [0.5, 0.6) is 0 Å². The van der Waals surface area contributed by atoms with E-state index in [1.165, 1.54) is 4.68 Å². The molecule has 0 saturated heterocycles. The minimum absolute atomic E-state index is 0.0329. The van der Waals surface area contributed by atoms with E-state index in [1.807, 2.05) is 0 Å². The zero-order valence-electron chi connectivity index (χ0n) is 8.48. The van der Waals surface area contributed by atoms with Crippen molar-refractivity contribution in [2.24, 2.45) is 0 Å². The van der Waals surface area contributed by atoms with E-state index in [2.05, 4.69) is 10.4 Å². The number of nitrogens with one attached hydrogen (secondary N) is 1. The summed E-state index contributed by atoms with van der Waals surface area (Å²) in [6.45, 7) is 1.29. The van der Waals surface area contributed by atoms with Crippen LogP contribution in [0.2, 0.25) is 0 Å². The van der Waals surface area contributed by atoms with Gasteiger partial charge in [0.15, 0.2) is 0 Å². The van der Waals surface area contributed by atoms with Crippen LogP contribution in [0.4, 0.5) is 11.5 Å². The van der Waals surface area contributed by atoms with Crippen LogP contribution in [0.1, 0.15) is 5.69 Å². The van der Waals surface area contributed by atoms with E-state index in [0.29, 0.717) is 36.8 Å². The molecule has 1 rings (SSSR count). The number of nitrogen functional groups attached to an aromatic ring is 2. The highest BCUT2D eigenvalue weighted by molar-refractivity contribution is 5.62. The third-order valence-electron chi connectivity index (χ3n) is 2.00. The minimum atomic E-state index is -0.0329. The van der Waals surface area contributed by atoms with Crippen LogP contribution >= 0.6 is 0 Å². The summed E-state index contributed by atoms with van der Waals surface area (Å²) in [5, 5.41) is 24.4. The topological polar surface area (TPSA) is 122 Å². The summed E-state index contributed by atoms with van der Waals surface area (Å²) < 4.78 is 1.46. The fourth-order valence-corrected chi connectivity index (χ4v) is 1.22. The Bertz CT molecular complexity index is 312. The highest BCUT2D eigenvalue weighted by atomic mass is 16.3. The second kappa shape index (κ2) is 5.54. The Hall–Kier alpha value is -1.31. The first-order chi connectivity index (χ1) is 7.20. The molecule has 0 aliphatic heterocycles. The number of anilines is 2. The van der Waals surface area contributed by atoms with Gasteiger partial charge in [-0.15, -0.1) is 0 Å². The molecule has 0 unspecified atom stereocenters. The number of hydrogen-bond acceptors (Lipinski definition) is 6. The molecule has 15 heavy (non-hydrogen) atoms. The van der Waals surface area contributed by atoms with Gasteiger partial charge in [-0.1, -0.05) is 0 Å². The quantitative estimate of drug-likeness (QED) is 0.354. The fourth-order valence-electron chi connectivity index (χ4n) is 1.22. The maximum Gasteiger partial charge on any atom is 0.145 e. The van der Waals surface area contributed by atoms with E-state index < -0.39 is 0 Å². The van der Waals surface area contributed by atoms with Gasteiger partial charge in [0.05, 0.1) is 25.4 Å². The third-order valence-corrected chi connectivity index (χ3v) is 2.00. The predicted molar refractivity (Wildman–Crippen MR) is 56.9 cm³/mol. The Morgan fingerprint density at radius 1 is 1.27 bits per heavy atom. The van der Waals surface area contributed by atoms with Crippen LogP contribution in [0.25, 0.3) is 0 Å². The lowest BCUT2D eigenvalue weighted by Gasteiger charge is -1.99. The van der Waals surface area contributed by atoms with Crippen LogP contribution in [-0.2, 0) is 13.1 Å². The van der Waals surface area contributed by atoms with Crippen molar-refractivity contribution in [2.75, 3.05) is 31.2 Å². The number of hydrogen-bond donors (Lipinski definition) is 5.